The van der Waals surface area contributed by atoms with Crippen LogP contribution in [-0.2, 0) is 19.5 Å². The Bertz CT molecular complexity index is 745. The summed E-state index contributed by atoms with van der Waals surface area (Å²) in [5.74, 6) is -0.223. The molecule has 1 spiro atoms. The Kier molecular flexibility index (Phi) is 5.44. The Balaban J connectivity index is 1.46. The lowest BCUT2D eigenvalue weighted by molar-refractivity contribution is -0.179. The number of aliphatic hydroxyl groups is 1. The van der Waals surface area contributed by atoms with Gasteiger partial charge in [-0.05, 0) is 37.0 Å². The molecule has 0 amide bonds. The zero-order valence-electron chi connectivity index (χ0n) is 15.5. The van der Waals surface area contributed by atoms with Gasteiger partial charge in [-0.3, -0.25) is 0 Å². The van der Waals surface area contributed by atoms with E-state index < -0.39 is 15.8 Å². The standard InChI is InChI=1S/C19H28N2O5S/c22-15-16-4-8-20(9-5-16)17-2-1-3-18(14-17)27(23,24)21-10-6-19(7-11-21)25-12-13-26-19/h1-3,14,16,22H,4-13,15H2. The summed E-state index contributed by atoms with van der Waals surface area (Å²) in [6.45, 7) is 3.91. The van der Waals surface area contributed by atoms with Crippen molar-refractivity contribution >= 4 is 15.7 Å². The van der Waals surface area contributed by atoms with E-state index in [0.717, 1.165) is 31.6 Å². The first kappa shape index (κ1) is 19.1. The lowest BCUT2D eigenvalue weighted by Gasteiger charge is -2.37. The molecule has 0 atom stereocenters. The first-order valence-electron chi connectivity index (χ1n) is 9.76. The minimum atomic E-state index is -3.53. The third kappa shape index (κ3) is 3.86. The van der Waals surface area contributed by atoms with Gasteiger partial charge in [0.1, 0.15) is 0 Å². The highest BCUT2D eigenvalue weighted by Gasteiger charge is 2.42. The predicted octanol–water partition coefficient (Wildman–Crippen LogP) is 1.42. The van der Waals surface area contributed by atoms with Gasteiger partial charge in [0.25, 0.3) is 0 Å². The summed E-state index contributed by atoms with van der Waals surface area (Å²) in [6.07, 6.45) is 3.00. The van der Waals surface area contributed by atoms with E-state index in [4.69, 9.17) is 9.47 Å². The zero-order valence-corrected chi connectivity index (χ0v) is 16.4. The van der Waals surface area contributed by atoms with Gasteiger partial charge in [0.15, 0.2) is 5.79 Å². The summed E-state index contributed by atoms with van der Waals surface area (Å²) in [4.78, 5) is 2.55. The SMILES string of the molecule is O=S(=O)(c1cccc(N2CCC(CO)CC2)c1)N1CCC2(CC1)OCCO2. The van der Waals surface area contributed by atoms with Crippen LogP contribution in [0.25, 0.3) is 0 Å². The number of benzene rings is 1. The van der Waals surface area contributed by atoms with Crippen LogP contribution in [0, 0.1) is 5.92 Å². The molecule has 0 bridgehead atoms. The second kappa shape index (κ2) is 7.67. The number of nitrogens with zero attached hydrogens (tertiary/aromatic N) is 2. The second-order valence-electron chi connectivity index (χ2n) is 7.62. The minimum absolute atomic E-state index is 0.228. The van der Waals surface area contributed by atoms with Gasteiger partial charge in [-0.15, -0.1) is 0 Å². The van der Waals surface area contributed by atoms with Gasteiger partial charge in [0, 0.05) is 51.3 Å². The van der Waals surface area contributed by atoms with Crippen molar-refractivity contribution in [3.05, 3.63) is 24.3 Å². The average Bonchev–Trinajstić information content (AvgIpc) is 3.16. The highest BCUT2D eigenvalue weighted by molar-refractivity contribution is 7.89. The molecule has 8 heteroatoms. The third-order valence-corrected chi connectivity index (χ3v) is 7.89. The van der Waals surface area contributed by atoms with Crippen molar-refractivity contribution in [1.29, 1.82) is 0 Å². The highest BCUT2D eigenvalue weighted by atomic mass is 32.2. The Morgan fingerprint density at radius 3 is 2.37 bits per heavy atom. The van der Waals surface area contributed by atoms with E-state index >= 15 is 0 Å². The molecule has 0 unspecified atom stereocenters. The molecule has 0 aliphatic carbocycles. The third-order valence-electron chi connectivity index (χ3n) is 5.99. The number of sulfonamides is 1. The summed E-state index contributed by atoms with van der Waals surface area (Å²) < 4.78 is 39.2. The molecule has 7 nitrogen and oxygen atoms in total. The molecular formula is C19H28N2O5S. The van der Waals surface area contributed by atoms with E-state index in [9.17, 15) is 13.5 Å². The smallest absolute Gasteiger partial charge is 0.243 e. The monoisotopic (exact) mass is 396 g/mol. The summed E-state index contributed by atoms with van der Waals surface area (Å²) in [5, 5.41) is 9.30. The first-order valence-corrected chi connectivity index (χ1v) is 11.2. The molecule has 3 heterocycles. The van der Waals surface area contributed by atoms with Crippen molar-refractivity contribution in [2.75, 3.05) is 50.9 Å². The van der Waals surface area contributed by atoms with E-state index in [1.54, 1.807) is 16.4 Å². The number of piperidine rings is 2. The Morgan fingerprint density at radius 2 is 1.74 bits per heavy atom. The highest BCUT2D eigenvalue weighted by Crippen LogP contribution is 2.34. The summed E-state index contributed by atoms with van der Waals surface area (Å²) in [6, 6.07) is 7.23. The maximum Gasteiger partial charge on any atom is 0.243 e. The lowest BCUT2D eigenvalue weighted by Crippen LogP contribution is -2.47. The molecule has 4 rings (SSSR count). The molecular weight excluding hydrogens is 368 g/mol. The first-order chi connectivity index (χ1) is 13.0. The van der Waals surface area contributed by atoms with Gasteiger partial charge in [-0.25, -0.2) is 8.42 Å². The molecule has 3 fully saturated rings. The maximum atomic E-state index is 13.1. The quantitative estimate of drug-likeness (QED) is 0.829. The van der Waals surface area contributed by atoms with E-state index in [1.165, 1.54) is 0 Å². The van der Waals surface area contributed by atoms with E-state index in [-0.39, 0.29) is 6.61 Å². The van der Waals surface area contributed by atoms with Crippen molar-refractivity contribution in [3.8, 4) is 0 Å². The van der Waals surface area contributed by atoms with Gasteiger partial charge in [0.05, 0.1) is 18.1 Å². The molecule has 3 aliphatic heterocycles. The van der Waals surface area contributed by atoms with Crippen molar-refractivity contribution < 1.29 is 23.0 Å². The fraction of sp³-hybridized carbons (Fsp3) is 0.684. The van der Waals surface area contributed by atoms with Crippen molar-refractivity contribution in [3.63, 3.8) is 0 Å². The number of anilines is 1. The number of hydrogen-bond donors (Lipinski definition) is 1. The predicted molar refractivity (Wildman–Crippen MR) is 101 cm³/mol. The van der Waals surface area contributed by atoms with Crippen molar-refractivity contribution in [2.24, 2.45) is 5.92 Å². The van der Waals surface area contributed by atoms with Crippen LogP contribution in [0.15, 0.2) is 29.2 Å². The van der Waals surface area contributed by atoms with Crippen LogP contribution < -0.4 is 4.90 Å². The molecule has 1 N–H and O–H groups in total. The molecule has 0 saturated carbocycles. The van der Waals surface area contributed by atoms with E-state index in [1.807, 2.05) is 12.1 Å². The molecule has 3 aliphatic rings. The molecule has 27 heavy (non-hydrogen) atoms. The Labute approximate surface area is 160 Å². The topological polar surface area (TPSA) is 79.3 Å². The molecule has 3 saturated heterocycles. The van der Waals surface area contributed by atoms with Crippen LogP contribution in [0.4, 0.5) is 5.69 Å². The number of hydrogen-bond acceptors (Lipinski definition) is 6. The Hall–Kier alpha value is -1.19. The molecule has 1 aromatic carbocycles. The average molecular weight is 397 g/mol. The normalized spacial score (nSPS) is 24.6. The number of aliphatic hydroxyl groups excluding tert-OH is 1. The van der Waals surface area contributed by atoms with Gasteiger partial charge in [-0.1, -0.05) is 6.07 Å². The zero-order chi connectivity index (χ0) is 18.9. The fourth-order valence-corrected chi connectivity index (χ4v) is 5.70. The van der Waals surface area contributed by atoms with Gasteiger partial charge in [0.2, 0.25) is 10.0 Å². The lowest BCUT2D eigenvalue weighted by atomic mass is 9.97. The molecule has 150 valence electrons. The fourth-order valence-electron chi connectivity index (χ4n) is 4.22. The summed E-state index contributed by atoms with van der Waals surface area (Å²) >= 11 is 0. The van der Waals surface area contributed by atoms with Crippen molar-refractivity contribution in [2.45, 2.75) is 36.4 Å². The summed E-state index contributed by atoms with van der Waals surface area (Å²) in [5.41, 5.74) is 0.934. The Morgan fingerprint density at radius 1 is 1.07 bits per heavy atom. The molecule has 0 aromatic heterocycles. The van der Waals surface area contributed by atoms with Crippen LogP contribution in [0.2, 0.25) is 0 Å². The van der Waals surface area contributed by atoms with Crippen LogP contribution in [0.5, 0.6) is 0 Å². The molecule has 1 aromatic rings. The van der Waals surface area contributed by atoms with Crippen LogP contribution >= 0.6 is 0 Å². The van der Waals surface area contributed by atoms with Crippen LogP contribution in [0.1, 0.15) is 25.7 Å². The maximum absolute atomic E-state index is 13.1. The summed E-state index contributed by atoms with van der Waals surface area (Å²) in [7, 11) is -3.53. The van der Waals surface area contributed by atoms with Gasteiger partial charge >= 0.3 is 0 Å². The number of ether oxygens (including phenoxy) is 2. The van der Waals surface area contributed by atoms with Gasteiger partial charge < -0.3 is 19.5 Å². The minimum Gasteiger partial charge on any atom is -0.396 e. The van der Waals surface area contributed by atoms with Crippen LogP contribution in [0.3, 0.4) is 0 Å². The van der Waals surface area contributed by atoms with Crippen LogP contribution in [-0.4, -0.2) is 69.6 Å². The second-order valence-corrected chi connectivity index (χ2v) is 9.56. The number of rotatable bonds is 4. The molecule has 0 radical (unpaired) electrons. The van der Waals surface area contributed by atoms with Crippen molar-refractivity contribution in [1.82, 2.24) is 4.31 Å². The van der Waals surface area contributed by atoms with Gasteiger partial charge in [-0.2, -0.15) is 4.31 Å². The largest absolute Gasteiger partial charge is 0.396 e. The van der Waals surface area contributed by atoms with E-state index in [2.05, 4.69) is 4.90 Å². The van der Waals surface area contributed by atoms with E-state index in [0.29, 0.717) is 50.0 Å².